The van der Waals surface area contributed by atoms with Crippen molar-refractivity contribution in [3.05, 3.63) is 64.1 Å². The highest BCUT2D eigenvalue weighted by Gasteiger charge is 2.23. The van der Waals surface area contributed by atoms with Crippen LogP contribution in [-0.2, 0) is 11.3 Å². The summed E-state index contributed by atoms with van der Waals surface area (Å²) in [6, 6.07) is 11.4. The molecule has 0 saturated heterocycles. The van der Waals surface area contributed by atoms with E-state index < -0.39 is 6.10 Å². The molecule has 1 unspecified atom stereocenters. The van der Waals surface area contributed by atoms with Crippen molar-refractivity contribution in [2.75, 3.05) is 29.6 Å². The number of aromatic nitrogens is 1. The molecule has 10 heteroatoms. The molecule has 5 N–H and O–H groups in total. The highest BCUT2D eigenvalue weighted by molar-refractivity contribution is 7.09. The van der Waals surface area contributed by atoms with Crippen molar-refractivity contribution in [2.45, 2.75) is 32.6 Å². The van der Waals surface area contributed by atoms with Crippen molar-refractivity contribution in [1.82, 2.24) is 4.98 Å². The third-order valence-electron chi connectivity index (χ3n) is 5.32. The highest BCUT2D eigenvalue weighted by atomic mass is 32.1. The first-order chi connectivity index (χ1) is 16.4. The Bertz CT molecular complexity index is 1180. The van der Waals surface area contributed by atoms with Gasteiger partial charge in [-0.1, -0.05) is 0 Å². The number of aliphatic imine (C=N–C) groups is 1. The Morgan fingerprint density at radius 1 is 1.29 bits per heavy atom. The van der Waals surface area contributed by atoms with Crippen LogP contribution >= 0.6 is 11.3 Å². The van der Waals surface area contributed by atoms with Crippen LogP contribution in [0.1, 0.15) is 23.1 Å². The van der Waals surface area contributed by atoms with Gasteiger partial charge >= 0.3 is 0 Å². The number of anilines is 3. The minimum atomic E-state index is -0.577. The number of amidine groups is 2. The molecule has 0 bridgehead atoms. The van der Waals surface area contributed by atoms with Gasteiger partial charge in [0.25, 0.3) is 6.02 Å². The zero-order valence-electron chi connectivity index (χ0n) is 19.3. The van der Waals surface area contributed by atoms with E-state index in [-0.39, 0.29) is 11.9 Å². The van der Waals surface area contributed by atoms with Gasteiger partial charge < -0.3 is 30.5 Å². The maximum atomic E-state index is 9.70. The van der Waals surface area contributed by atoms with Gasteiger partial charge in [0, 0.05) is 41.3 Å². The summed E-state index contributed by atoms with van der Waals surface area (Å²) in [6.45, 7) is 4.42. The number of ether oxygens (including phenoxy) is 2. The van der Waals surface area contributed by atoms with Crippen LogP contribution in [0.15, 0.2) is 53.0 Å². The summed E-state index contributed by atoms with van der Waals surface area (Å²) in [7, 11) is 1.81. The van der Waals surface area contributed by atoms with Gasteiger partial charge in [-0.15, -0.1) is 11.3 Å². The van der Waals surface area contributed by atoms with Crippen LogP contribution < -0.4 is 20.7 Å². The van der Waals surface area contributed by atoms with E-state index in [1.807, 2.05) is 55.7 Å². The first-order valence-corrected chi connectivity index (χ1v) is 11.8. The minimum Gasteiger partial charge on any atom is -0.486 e. The fourth-order valence-corrected chi connectivity index (χ4v) is 3.97. The fraction of sp³-hybridized carbons (Fsp3) is 0.292. The first kappa shape index (κ1) is 23.5. The number of nitrogens with zero attached hydrogens (tertiary/aromatic N) is 2. The van der Waals surface area contributed by atoms with Crippen LogP contribution in [0, 0.1) is 12.3 Å². The topological polar surface area (TPSA) is 124 Å². The summed E-state index contributed by atoms with van der Waals surface area (Å²) in [4.78, 5) is 8.58. The third-order valence-corrected chi connectivity index (χ3v) is 6.07. The summed E-state index contributed by atoms with van der Waals surface area (Å²) < 4.78 is 11.4. The Balaban J connectivity index is 1.45. The number of aliphatic hydroxyl groups excluding tert-OH is 1. The molecule has 2 aromatic carbocycles. The van der Waals surface area contributed by atoms with Crippen LogP contribution in [0.5, 0.6) is 5.75 Å². The van der Waals surface area contributed by atoms with Gasteiger partial charge in [-0.2, -0.15) is 0 Å². The zero-order valence-corrected chi connectivity index (χ0v) is 20.1. The van der Waals surface area contributed by atoms with Gasteiger partial charge in [-0.3, -0.25) is 5.41 Å². The predicted molar refractivity (Wildman–Crippen MR) is 137 cm³/mol. The molecule has 34 heavy (non-hydrogen) atoms. The molecule has 0 radical (unpaired) electrons. The number of hydrogen-bond donors (Lipinski definition) is 5. The first-order valence-electron chi connectivity index (χ1n) is 10.9. The Morgan fingerprint density at radius 2 is 2.12 bits per heavy atom. The molecule has 0 fully saturated rings. The van der Waals surface area contributed by atoms with Gasteiger partial charge in [-0.25, -0.2) is 9.98 Å². The van der Waals surface area contributed by atoms with Gasteiger partial charge in [0.15, 0.2) is 0 Å². The second-order valence-electron chi connectivity index (χ2n) is 7.88. The third kappa shape index (κ3) is 5.64. The Labute approximate surface area is 202 Å². The molecule has 0 aliphatic carbocycles. The van der Waals surface area contributed by atoms with Crippen LogP contribution in [0.3, 0.4) is 0 Å². The molecule has 9 nitrogen and oxygen atoms in total. The van der Waals surface area contributed by atoms with Crippen LogP contribution in [0.2, 0.25) is 0 Å². The second kappa shape index (κ2) is 10.5. The molecule has 0 spiro atoms. The van der Waals surface area contributed by atoms with E-state index in [0.29, 0.717) is 24.8 Å². The SMILES string of the molecule is CNc1ccc(NC2=NC([C@@H](C)O)CO2)cc1C(=N)Nc1ccc(OCc2nccs2)c(C)c1. The number of aryl methyl sites for hydroxylation is 1. The van der Waals surface area contributed by atoms with E-state index in [2.05, 4.69) is 25.9 Å². The summed E-state index contributed by atoms with van der Waals surface area (Å²) >= 11 is 1.56. The average Bonchev–Trinajstić information content (AvgIpc) is 3.51. The molecule has 2 heterocycles. The number of rotatable bonds is 8. The Kier molecular flexibility index (Phi) is 7.29. The second-order valence-corrected chi connectivity index (χ2v) is 8.86. The van der Waals surface area contributed by atoms with Crippen molar-refractivity contribution in [2.24, 2.45) is 4.99 Å². The van der Waals surface area contributed by atoms with Crippen molar-refractivity contribution in [1.29, 1.82) is 5.41 Å². The van der Waals surface area contributed by atoms with Gasteiger partial charge in [0.2, 0.25) is 0 Å². The van der Waals surface area contributed by atoms with Gasteiger partial charge in [-0.05, 0) is 55.8 Å². The molecule has 3 aromatic rings. The normalized spacial score (nSPS) is 15.8. The quantitative estimate of drug-likeness (QED) is 0.243. The van der Waals surface area contributed by atoms with Crippen molar-refractivity contribution in [3.8, 4) is 5.75 Å². The smallest absolute Gasteiger partial charge is 0.289 e. The monoisotopic (exact) mass is 480 g/mol. The van der Waals surface area contributed by atoms with Crippen molar-refractivity contribution < 1.29 is 14.6 Å². The molecule has 1 aliphatic heterocycles. The number of aliphatic hydroxyl groups is 1. The lowest BCUT2D eigenvalue weighted by Crippen LogP contribution is -2.21. The van der Waals surface area contributed by atoms with Crippen LogP contribution in [0.25, 0.3) is 0 Å². The maximum absolute atomic E-state index is 9.70. The Morgan fingerprint density at radius 3 is 2.79 bits per heavy atom. The minimum absolute atomic E-state index is 0.236. The zero-order chi connectivity index (χ0) is 24.1. The molecule has 178 valence electrons. The highest BCUT2D eigenvalue weighted by Crippen LogP contribution is 2.26. The van der Waals surface area contributed by atoms with E-state index in [0.717, 1.165) is 33.4 Å². The standard InChI is InChI=1S/C24H28N6O3S/c1-14-10-16(5-7-21(14)32-13-22-27-8-9-34-22)28-23(25)18-11-17(4-6-19(18)26-3)29-24-30-20(12-33-24)15(2)31/h4-11,15,20,26,31H,12-13H2,1-3H3,(H2,25,28)(H,29,30)/t15-,20?/m1/s1. The summed E-state index contributed by atoms with van der Waals surface area (Å²) in [6.07, 6.45) is 1.19. The largest absolute Gasteiger partial charge is 0.486 e. The summed E-state index contributed by atoms with van der Waals surface area (Å²) in [5, 5.41) is 30.6. The van der Waals surface area contributed by atoms with Gasteiger partial charge in [0.05, 0.1) is 6.10 Å². The summed E-state index contributed by atoms with van der Waals surface area (Å²) in [5.74, 6) is 1.02. The number of hydrogen-bond acceptors (Lipinski definition) is 9. The molecule has 1 aliphatic rings. The molecular weight excluding hydrogens is 452 g/mol. The molecule has 0 amide bonds. The van der Waals surface area contributed by atoms with E-state index >= 15 is 0 Å². The lowest BCUT2D eigenvalue weighted by atomic mass is 10.1. The fourth-order valence-electron chi connectivity index (χ4n) is 3.44. The molecular formula is C24H28N6O3S. The van der Waals surface area contributed by atoms with E-state index in [4.69, 9.17) is 14.9 Å². The number of nitrogens with one attached hydrogen (secondary N) is 4. The lowest BCUT2D eigenvalue weighted by molar-refractivity contribution is 0.145. The lowest BCUT2D eigenvalue weighted by Gasteiger charge is -2.16. The Hall–Kier alpha value is -3.63. The maximum Gasteiger partial charge on any atom is 0.289 e. The average molecular weight is 481 g/mol. The molecule has 2 atom stereocenters. The predicted octanol–water partition coefficient (Wildman–Crippen LogP) is 4.06. The van der Waals surface area contributed by atoms with Crippen LogP contribution in [-0.4, -0.2) is 47.7 Å². The number of thiazole rings is 1. The molecule has 0 saturated carbocycles. The summed E-state index contributed by atoms with van der Waals surface area (Å²) in [5.41, 5.74) is 3.96. The van der Waals surface area contributed by atoms with Crippen molar-refractivity contribution in [3.63, 3.8) is 0 Å². The van der Waals surface area contributed by atoms with Crippen molar-refractivity contribution >= 4 is 40.3 Å². The van der Waals surface area contributed by atoms with Crippen LogP contribution in [0.4, 0.5) is 17.1 Å². The molecule has 1 aromatic heterocycles. The molecule has 4 rings (SSSR count). The van der Waals surface area contributed by atoms with E-state index in [1.165, 1.54) is 0 Å². The number of benzene rings is 2. The van der Waals surface area contributed by atoms with E-state index in [1.54, 1.807) is 24.5 Å². The van der Waals surface area contributed by atoms with E-state index in [9.17, 15) is 5.11 Å². The van der Waals surface area contributed by atoms with Gasteiger partial charge in [0.1, 0.15) is 35.8 Å².